The Bertz CT molecular complexity index is 1220. The first-order valence-electron chi connectivity index (χ1n) is 12.3. The molecule has 0 spiro atoms. The average molecular weight is 518 g/mol. The van der Waals surface area contributed by atoms with E-state index in [2.05, 4.69) is 12.1 Å². The molecule has 7 nitrogen and oxygen atoms in total. The summed E-state index contributed by atoms with van der Waals surface area (Å²) in [5.74, 6) is -0.251. The zero-order chi connectivity index (χ0) is 26.2. The molecule has 4 N–H and O–H groups in total. The standard InChI is InChI=1S/C29H31N3O4S/c30-28(31)23-10-8-21(9-11-23)22-12-14-25(15-13-22)36-18-24-17-26(37-19-27(33)34)29(35)32(24)16-4-7-20-5-2-1-3-6-20/h1-3,5-6,8-15,24,26H,4,7,16-19H2,(H3,30,31)(H,33,34). The van der Waals surface area contributed by atoms with Crippen LogP contribution in [0.2, 0.25) is 0 Å². The van der Waals surface area contributed by atoms with E-state index in [9.17, 15) is 9.59 Å². The summed E-state index contributed by atoms with van der Waals surface area (Å²) >= 11 is 1.19. The molecule has 1 saturated heterocycles. The Labute approximate surface area is 221 Å². The first kappa shape index (κ1) is 26.3. The second-order valence-electron chi connectivity index (χ2n) is 9.03. The lowest BCUT2D eigenvalue weighted by atomic mass is 10.0. The third kappa shape index (κ3) is 7.13. The van der Waals surface area contributed by atoms with Crippen LogP contribution in [-0.4, -0.2) is 57.9 Å². The number of carbonyl (C=O) groups is 2. The Morgan fingerprint density at radius 3 is 2.30 bits per heavy atom. The monoisotopic (exact) mass is 517 g/mol. The molecule has 4 rings (SSSR count). The number of rotatable bonds is 12. The average Bonchev–Trinajstić information content (AvgIpc) is 3.21. The molecule has 8 heteroatoms. The SMILES string of the molecule is N=C(N)c1ccc(-c2ccc(OCC3CC(SCC(=O)O)C(=O)N3CCCc3ccccc3)cc2)cc1. The summed E-state index contributed by atoms with van der Waals surface area (Å²) in [6, 6.07) is 25.3. The third-order valence-corrected chi connectivity index (χ3v) is 7.64. The van der Waals surface area contributed by atoms with Gasteiger partial charge in [0.15, 0.2) is 0 Å². The van der Waals surface area contributed by atoms with E-state index in [1.54, 1.807) is 0 Å². The Hall–Kier alpha value is -3.78. The molecule has 2 unspecified atom stereocenters. The number of amides is 1. The fourth-order valence-electron chi connectivity index (χ4n) is 4.48. The second-order valence-corrected chi connectivity index (χ2v) is 10.2. The van der Waals surface area contributed by atoms with Crippen molar-refractivity contribution in [2.45, 2.75) is 30.6 Å². The molecule has 1 aliphatic rings. The van der Waals surface area contributed by atoms with Crippen LogP contribution < -0.4 is 10.5 Å². The van der Waals surface area contributed by atoms with Gasteiger partial charge in [0, 0.05) is 12.1 Å². The van der Waals surface area contributed by atoms with Gasteiger partial charge in [-0.2, -0.15) is 0 Å². The Morgan fingerprint density at radius 2 is 1.68 bits per heavy atom. The van der Waals surface area contributed by atoms with E-state index >= 15 is 0 Å². The van der Waals surface area contributed by atoms with Gasteiger partial charge >= 0.3 is 5.97 Å². The quantitative estimate of drug-likeness (QED) is 0.242. The lowest BCUT2D eigenvalue weighted by Gasteiger charge is -2.25. The number of nitrogen functional groups attached to an aromatic ring is 1. The molecular weight excluding hydrogens is 486 g/mol. The Balaban J connectivity index is 1.37. The summed E-state index contributed by atoms with van der Waals surface area (Å²) in [5, 5.41) is 16.2. The smallest absolute Gasteiger partial charge is 0.313 e. The summed E-state index contributed by atoms with van der Waals surface area (Å²) in [4.78, 5) is 26.0. The second kappa shape index (κ2) is 12.5. The Kier molecular flexibility index (Phi) is 8.85. The topological polar surface area (TPSA) is 117 Å². The van der Waals surface area contributed by atoms with Crippen LogP contribution in [0.4, 0.5) is 0 Å². The molecule has 2 atom stereocenters. The van der Waals surface area contributed by atoms with Gasteiger partial charge in [-0.05, 0) is 48.1 Å². The maximum atomic E-state index is 13.1. The minimum absolute atomic E-state index is 0.00253. The number of ether oxygens (including phenoxy) is 1. The van der Waals surface area contributed by atoms with Crippen molar-refractivity contribution in [1.29, 1.82) is 5.41 Å². The molecule has 1 fully saturated rings. The van der Waals surface area contributed by atoms with E-state index in [0.717, 1.165) is 24.0 Å². The van der Waals surface area contributed by atoms with Gasteiger partial charge in [0.2, 0.25) is 5.91 Å². The number of carbonyl (C=O) groups excluding carboxylic acids is 1. The molecule has 3 aromatic carbocycles. The molecule has 0 saturated carbocycles. The minimum atomic E-state index is -0.913. The maximum absolute atomic E-state index is 13.1. The van der Waals surface area contributed by atoms with Gasteiger partial charge in [-0.3, -0.25) is 15.0 Å². The molecule has 0 aromatic heterocycles. The third-order valence-electron chi connectivity index (χ3n) is 6.43. The molecule has 192 valence electrons. The highest BCUT2D eigenvalue weighted by molar-refractivity contribution is 8.01. The van der Waals surface area contributed by atoms with E-state index in [0.29, 0.717) is 30.9 Å². The van der Waals surface area contributed by atoms with Crippen LogP contribution in [-0.2, 0) is 16.0 Å². The van der Waals surface area contributed by atoms with Crippen LogP contribution in [0.1, 0.15) is 24.0 Å². The number of thioether (sulfide) groups is 1. The van der Waals surface area contributed by atoms with Crippen LogP contribution in [0.3, 0.4) is 0 Å². The van der Waals surface area contributed by atoms with Crippen molar-refractivity contribution in [1.82, 2.24) is 4.90 Å². The van der Waals surface area contributed by atoms with Gasteiger partial charge < -0.3 is 20.5 Å². The van der Waals surface area contributed by atoms with Gasteiger partial charge in [-0.15, -0.1) is 11.8 Å². The number of nitrogens with two attached hydrogens (primary N) is 1. The zero-order valence-corrected chi connectivity index (χ0v) is 21.3. The number of carboxylic acids is 1. The van der Waals surface area contributed by atoms with Gasteiger partial charge in [-0.1, -0.05) is 66.7 Å². The fourth-order valence-corrected chi connectivity index (χ4v) is 5.46. The van der Waals surface area contributed by atoms with E-state index in [1.165, 1.54) is 17.3 Å². The highest BCUT2D eigenvalue weighted by atomic mass is 32.2. The van der Waals surface area contributed by atoms with Crippen molar-refractivity contribution in [3.05, 3.63) is 90.0 Å². The van der Waals surface area contributed by atoms with E-state index in [4.69, 9.17) is 21.0 Å². The number of benzene rings is 3. The highest BCUT2D eigenvalue weighted by Crippen LogP contribution is 2.30. The molecule has 0 radical (unpaired) electrons. The number of hydrogen-bond acceptors (Lipinski definition) is 5. The summed E-state index contributed by atoms with van der Waals surface area (Å²) in [5.41, 5.74) is 9.48. The zero-order valence-electron chi connectivity index (χ0n) is 20.5. The van der Waals surface area contributed by atoms with Gasteiger partial charge in [0.05, 0.1) is 17.0 Å². The predicted molar refractivity (Wildman–Crippen MR) is 147 cm³/mol. The van der Waals surface area contributed by atoms with Crippen LogP contribution in [0, 0.1) is 5.41 Å². The van der Waals surface area contributed by atoms with Gasteiger partial charge in [0.25, 0.3) is 0 Å². The maximum Gasteiger partial charge on any atom is 0.313 e. The van der Waals surface area contributed by atoms with E-state index in [-0.39, 0.29) is 28.8 Å². The van der Waals surface area contributed by atoms with E-state index < -0.39 is 5.97 Å². The first-order chi connectivity index (χ1) is 17.9. The number of amidine groups is 1. The minimum Gasteiger partial charge on any atom is -0.491 e. The van der Waals surface area contributed by atoms with Crippen molar-refractivity contribution in [3.8, 4) is 16.9 Å². The molecule has 0 aliphatic carbocycles. The van der Waals surface area contributed by atoms with Crippen molar-refractivity contribution in [2.24, 2.45) is 5.73 Å². The molecule has 1 heterocycles. The van der Waals surface area contributed by atoms with Gasteiger partial charge in [0.1, 0.15) is 18.2 Å². The lowest BCUT2D eigenvalue weighted by Crippen LogP contribution is -2.38. The normalized spacial score (nSPS) is 17.1. The van der Waals surface area contributed by atoms with E-state index in [1.807, 2.05) is 71.6 Å². The number of aryl methyl sites for hydroxylation is 1. The molecule has 37 heavy (non-hydrogen) atoms. The number of aliphatic carboxylic acids is 1. The van der Waals surface area contributed by atoms with Crippen LogP contribution in [0.25, 0.3) is 11.1 Å². The number of nitrogens with zero attached hydrogens (tertiary/aromatic N) is 1. The van der Waals surface area contributed by atoms with Crippen molar-refractivity contribution in [3.63, 3.8) is 0 Å². The molecule has 1 amide bonds. The number of hydrogen-bond donors (Lipinski definition) is 3. The highest BCUT2D eigenvalue weighted by Gasteiger charge is 2.40. The molecular formula is C29H31N3O4S. The molecule has 3 aromatic rings. The van der Waals surface area contributed by atoms with Crippen LogP contribution in [0.5, 0.6) is 5.75 Å². The number of likely N-dealkylation sites (tertiary alicyclic amines) is 1. The molecule has 1 aliphatic heterocycles. The van der Waals surface area contributed by atoms with Crippen molar-refractivity contribution >= 4 is 29.5 Å². The predicted octanol–water partition coefficient (Wildman–Crippen LogP) is 4.44. The van der Waals surface area contributed by atoms with Crippen LogP contribution in [0.15, 0.2) is 78.9 Å². The first-order valence-corrected chi connectivity index (χ1v) is 13.3. The summed E-state index contributed by atoms with van der Waals surface area (Å²) in [6.45, 7) is 0.967. The number of carboxylic acid groups (broad SMARTS) is 1. The Morgan fingerprint density at radius 1 is 1.03 bits per heavy atom. The number of nitrogens with one attached hydrogen (secondary N) is 1. The summed E-state index contributed by atoms with van der Waals surface area (Å²) in [6.07, 6.45) is 2.28. The fraction of sp³-hybridized carbons (Fsp3) is 0.276. The van der Waals surface area contributed by atoms with Gasteiger partial charge in [-0.25, -0.2) is 0 Å². The van der Waals surface area contributed by atoms with Crippen LogP contribution >= 0.6 is 11.8 Å². The molecule has 0 bridgehead atoms. The summed E-state index contributed by atoms with van der Waals surface area (Å²) < 4.78 is 6.08. The van der Waals surface area contributed by atoms with Crippen molar-refractivity contribution in [2.75, 3.05) is 18.9 Å². The summed E-state index contributed by atoms with van der Waals surface area (Å²) in [7, 11) is 0. The largest absolute Gasteiger partial charge is 0.491 e. The lowest BCUT2D eigenvalue weighted by molar-refractivity contribution is -0.133. The van der Waals surface area contributed by atoms with Crippen molar-refractivity contribution < 1.29 is 19.4 Å².